The smallest absolute Gasteiger partial charge is 0.196 e. The Labute approximate surface area is 203 Å². The van der Waals surface area contributed by atoms with Crippen molar-refractivity contribution in [1.29, 1.82) is 5.26 Å². The molecule has 0 aliphatic heterocycles. The first-order valence-corrected chi connectivity index (χ1v) is 11.4. The number of aromatic nitrogens is 1. The van der Waals surface area contributed by atoms with Gasteiger partial charge in [-0.15, -0.1) is 0 Å². The van der Waals surface area contributed by atoms with Gasteiger partial charge in [-0.1, -0.05) is 84.9 Å². The van der Waals surface area contributed by atoms with E-state index in [9.17, 15) is 5.26 Å². The Hall–Kier alpha value is -5.12. The number of hydrogen-bond acceptors (Lipinski definition) is 1. The zero-order valence-corrected chi connectivity index (χ0v) is 18.8. The summed E-state index contributed by atoms with van der Waals surface area (Å²) in [5.41, 5.74) is 7.86. The van der Waals surface area contributed by atoms with Crippen molar-refractivity contribution in [2.75, 3.05) is 0 Å². The molecule has 3 nitrogen and oxygen atoms in total. The minimum atomic E-state index is 0.478. The zero-order valence-electron chi connectivity index (χ0n) is 18.8. The predicted octanol–water partition coefficient (Wildman–Crippen LogP) is 8.54. The van der Waals surface area contributed by atoms with E-state index in [-0.39, 0.29) is 0 Å². The molecule has 0 radical (unpaired) electrons. The molecule has 3 heteroatoms. The third-order valence-electron chi connectivity index (χ3n) is 6.48. The first kappa shape index (κ1) is 20.5. The molecule has 0 unspecified atom stereocenters. The Morgan fingerprint density at radius 3 is 1.97 bits per heavy atom. The summed E-state index contributed by atoms with van der Waals surface area (Å²) >= 11 is 0. The molecule has 35 heavy (non-hydrogen) atoms. The molecule has 0 atom stereocenters. The summed E-state index contributed by atoms with van der Waals surface area (Å²) < 4.78 is 2.28. The summed E-state index contributed by atoms with van der Waals surface area (Å²) in [6, 6.07) is 41.0. The van der Waals surface area contributed by atoms with E-state index in [1.165, 1.54) is 10.8 Å². The molecule has 6 rings (SSSR count). The molecule has 1 heterocycles. The van der Waals surface area contributed by atoms with Gasteiger partial charge in [-0.2, -0.15) is 5.26 Å². The van der Waals surface area contributed by atoms with Crippen molar-refractivity contribution in [2.24, 2.45) is 0 Å². The average molecular weight is 446 g/mol. The third-order valence-corrected chi connectivity index (χ3v) is 6.48. The summed E-state index contributed by atoms with van der Waals surface area (Å²) in [4.78, 5) is 3.74. The van der Waals surface area contributed by atoms with Crippen LogP contribution in [0.2, 0.25) is 0 Å². The van der Waals surface area contributed by atoms with Crippen molar-refractivity contribution in [3.8, 4) is 34.0 Å². The molecule has 6 aromatic rings. The fraction of sp³-hybridized carbons (Fsp3) is 0. The van der Waals surface area contributed by atoms with Gasteiger partial charge in [0.25, 0.3) is 0 Å². The van der Waals surface area contributed by atoms with Gasteiger partial charge in [0.05, 0.1) is 23.7 Å². The largest absolute Gasteiger partial charge is 0.309 e. The number of benzene rings is 5. The second kappa shape index (κ2) is 8.34. The molecule has 0 bridgehead atoms. The molecule has 0 spiro atoms. The molecule has 0 aliphatic carbocycles. The fourth-order valence-electron chi connectivity index (χ4n) is 4.96. The SMILES string of the molecule is [C-]#[N+]c1cccc(C#N)c1-c1ccc(-n2c3ccccc3c3ccccc32)cc1-c1ccccc1. The van der Waals surface area contributed by atoms with Crippen LogP contribution in [-0.2, 0) is 0 Å². The van der Waals surface area contributed by atoms with E-state index < -0.39 is 0 Å². The van der Waals surface area contributed by atoms with Gasteiger partial charge >= 0.3 is 0 Å². The lowest BCUT2D eigenvalue weighted by molar-refractivity contribution is 1.18. The lowest BCUT2D eigenvalue weighted by Gasteiger charge is -2.17. The fourth-order valence-corrected chi connectivity index (χ4v) is 4.96. The topological polar surface area (TPSA) is 33.1 Å². The van der Waals surface area contributed by atoms with Gasteiger partial charge in [-0.05, 0) is 47.0 Å². The third kappa shape index (κ3) is 3.27. The van der Waals surface area contributed by atoms with Crippen molar-refractivity contribution in [3.05, 3.63) is 132 Å². The van der Waals surface area contributed by atoms with Crippen LogP contribution >= 0.6 is 0 Å². The van der Waals surface area contributed by atoms with E-state index in [0.29, 0.717) is 16.8 Å². The highest BCUT2D eigenvalue weighted by Crippen LogP contribution is 2.41. The molecule has 5 aromatic carbocycles. The van der Waals surface area contributed by atoms with Crippen LogP contribution in [0.4, 0.5) is 5.69 Å². The molecular weight excluding hydrogens is 426 g/mol. The van der Waals surface area contributed by atoms with Crippen LogP contribution in [0.25, 0.3) is 54.6 Å². The second-order valence-corrected chi connectivity index (χ2v) is 8.39. The Morgan fingerprint density at radius 2 is 1.31 bits per heavy atom. The monoisotopic (exact) mass is 445 g/mol. The maximum absolute atomic E-state index is 9.85. The van der Waals surface area contributed by atoms with E-state index in [4.69, 9.17) is 6.57 Å². The van der Waals surface area contributed by atoms with Crippen LogP contribution in [0, 0.1) is 17.9 Å². The van der Waals surface area contributed by atoms with Gasteiger partial charge < -0.3 is 4.57 Å². The van der Waals surface area contributed by atoms with E-state index in [1.807, 2.05) is 24.3 Å². The number of fused-ring (bicyclic) bond motifs is 3. The first-order valence-electron chi connectivity index (χ1n) is 11.4. The van der Waals surface area contributed by atoms with Crippen LogP contribution in [0.1, 0.15) is 5.56 Å². The van der Waals surface area contributed by atoms with Crippen molar-refractivity contribution < 1.29 is 0 Å². The summed E-state index contributed by atoms with van der Waals surface area (Å²) in [5.74, 6) is 0. The summed E-state index contributed by atoms with van der Waals surface area (Å²) in [6.07, 6.45) is 0. The Balaban J connectivity index is 1.70. The second-order valence-electron chi connectivity index (χ2n) is 8.39. The minimum Gasteiger partial charge on any atom is -0.309 e. The van der Waals surface area contributed by atoms with Gasteiger partial charge in [0.15, 0.2) is 5.69 Å². The molecule has 0 amide bonds. The first-order chi connectivity index (χ1) is 17.3. The molecule has 162 valence electrons. The highest BCUT2D eigenvalue weighted by atomic mass is 15.0. The summed E-state index contributed by atoms with van der Waals surface area (Å²) in [5, 5.41) is 12.3. The molecule has 0 aliphatic rings. The Bertz CT molecular complexity index is 1730. The molecule has 0 saturated heterocycles. The van der Waals surface area contributed by atoms with Gasteiger partial charge in [-0.25, -0.2) is 4.85 Å². The van der Waals surface area contributed by atoms with Crippen molar-refractivity contribution in [1.82, 2.24) is 4.57 Å². The summed E-state index contributed by atoms with van der Waals surface area (Å²) in [7, 11) is 0. The number of rotatable bonds is 3. The van der Waals surface area contributed by atoms with Crippen LogP contribution in [-0.4, -0.2) is 4.57 Å². The van der Waals surface area contributed by atoms with Gasteiger partial charge in [0.1, 0.15) is 0 Å². The van der Waals surface area contributed by atoms with Crippen LogP contribution in [0.3, 0.4) is 0 Å². The molecule has 0 saturated carbocycles. The zero-order chi connectivity index (χ0) is 23.8. The van der Waals surface area contributed by atoms with Crippen LogP contribution < -0.4 is 0 Å². The molecular formula is C32H19N3. The lowest BCUT2D eigenvalue weighted by atomic mass is 9.90. The van der Waals surface area contributed by atoms with Crippen LogP contribution in [0.5, 0.6) is 0 Å². The molecule has 0 fully saturated rings. The lowest BCUT2D eigenvalue weighted by Crippen LogP contribution is -1.96. The number of hydrogen-bond donors (Lipinski definition) is 0. The van der Waals surface area contributed by atoms with Crippen molar-refractivity contribution in [3.63, 3.8) is 0 Å². The van der Waals surface area contributed by atoms with Crippen molar-refractivity contribution >= 4 is 27.5 Å². The van der Waals surface area contributed by atoms with Gasteiger partial charge in [0, 0.05) is 27.6 Å². The standard InChI is InChI=1S/C32H19N3/c1-34-29-15-9-12-23(21-33)32(29)27-19-18-24(20-28(27)22-10-3-2-4-11-22)35-30-16-7-5-13-25(30)26-14-6-8-17-31(26)35/h2-20H. The van der Waals surface area contributed by atoms with Gasteiger partial charge in [-0.3, -0.25) is 0 Å². The molecule has 0 N–H and O–H groups in total. The maximum atomic E-state index is 9.85. The van der Waals surface area contributed by atoms with E-state index in [1.54, 1.807) is 18.2 Å². The molecule has 1 aromatic heterocycles. The maximum Gasteiger partial charge on any atom is 0.196 e. The van der Waals surface area contributed by atoms with E-state index >= 15 is 0 Å². The minimum absolute atomic E-state index is 0.478. The summed E-state index contributed by atoms with van der Waals surface area (Å²) in [6.45, 7) is 7.73. The quantitative estimate of drug-likeness (QED) is 0.251. The highest BCUT2D eigenvalue weighted by molar-refractivity contribution is 6.09. The Morgan fingerprint density at radius 1 is 0.657 bits per heavy atom. The number of nitriles is 1. The van der Waals surface area contributed by atoms with E-state index in [0.717, 1.165) is 33.4 Å². The van der Waals surface area contributed by atoms with Crippen LogP contribution in [0.15, 0.2) is 115 Å². The number of para-hydroxylation sites is 2. The van der Waals surface area contributed by atoms with Crippen molar-refractivity contribution in [2.45, 2.75) is 0 Å². The van der Waals surface area contributed by atoms with E-state index in [2.05, 4.69) is 88.3 Å². The Kier molecular flexibility index (Phi) is 4.88. The highest BCUT2D eigenvalue weighted by Gasteiger charge is 2.18. The normalized spacial score (nSPS) is 10.8. The number of nitrogens with zero attached hydrogens (tertiary/aromatic N) is 3. The van der Waals surface area contributed by atoms with Gasteiger partial charge in [0.2, 0.25) is 0 Å². The predicted molar refractivity (Wildman–Crippen MR) is 143 cm³/mol. The average Bonchev–Trinajstić information content (AvgIpc) is 3.27.